The van der Waals surface area contributed by atoms with Gasteiger partial charge in [0.05, 0.1) is 6.54 Å². The van der Waals surface area contributed by atoms with Crippen molar-refractivity contribution in [3.8, 4) is 0 Å². The van der Waals surface area contributed by atoms with Crippen LogP contribution in [0.3, 0.4) is 0 Å². The largest absolute Gasteiger partial charge is 0.460 e. The minimum atomic E-state index is -0.532. The van der Waals surface area contributed by atoms with Crippen LogP contribution >= 0.6 is 0 Å². The highest BCUT2D eigenvalue weighted by molar-refractivity contribution is 5.86. The van der Waals surface area contributed by atoms with Crippen molar-refractivity contribution in [2.45, 2.75) is 53.1 Å². The van der Waals surface area contributed by atoms with Gasteiger partial charge in [0, 0.05) is 12.1 Å². The summed E-state index contributed by atoms with van der Waals surface area (Å²) in [5.41, 5.74) is -0.182. The van der Waals surface area contributed by atoms with Gasteiger partial charge in [-0.3, -0.25) is 0 Å². The second-order valence-corrected chi connectivity index (χ2v) is 5.74. The fourth-order valence-electron chi connectivity index (χ4n) is 1.34. The molecule has 0 unspecified atom stereocenters. The van der Waals surface area contributed by atoms with Gasteiger partial charge in [0.2, 0.25) is 0 Å². The van der Waals surface area contributed by atoms with E-state index in [2.05, 4.69) is 6.58 Å². The van der Waals surface area contributed by atoms with Gasteiger partial charge in [-0.15, -0.1) is 0 Å². The second-order valence-electron chi connectivity index (χ2n) is 5.74. The molecule has 20 heavy (non-hydrogen) atoms. The Morgan fingerprint density at radius 1 is 1.20 bits per heavy atom. The molecule has 0 saturated heterocycles. The van der Waals surface area contributed by atoms with Crippen LogP contribution in [0.25, 0.3) is 0 Å². The zero-order valence-electron chi connectivity index (χ0n) is 13.3. The highest BCUT2D eigenvalue weighted by Gasteiger charge is 2.21. The van der Waals surface area contributed by atoms with E-state index in [0.29, 0.717) is 18.7 Å². The highest BCUT2D eigenvalue weighted by atomic mass is 16.6. The minimum Gasteiger partial charge on any atom is -0.460 e. The van der Waals surface area contributed by atoms with E-state index in [4.69, 9.17) is 9.47 Å². The third kappa shape index (κ3) is 8.56. The van der Waals surface area contributed by atoms with Crippen LogP contribution in [0.4, 0.5) is 4.79 Å². The number of carbonyl (C=O) groups excluding carboxylic acids is 2. The Hall–Kier alpha value is -1.52. The molecule has 0 saturated carbocycles. The number of esters is 1. The maximum atomic E-state index is 12.0. The van der Waals surface area contributed by atoms with Crippen molar-refractivity contribution in [3.63, 3.8) is 0 Å². The number of nitrogens with zero attached hydrogens (tertiary/aromatic N) is 1. The summed E-state index contributed by atoms with van der Waals surface area (Å²) in [4.78, 5) is 24.9. The number of amides is 1. The molecular formula is C15H27NO4. The molecule has 5 heteroatoms. The lowest BCUT2D eigenvalue weighted by atomic mass is 10.2. The summed E-state index contributed by atoms with van der Waals surface area (Å²) in [7, 11) is 0. The van der Waals surface area contributed by atoms with Crippen molar-refractivity contribution >= 4 is 12.1 Å². The fraction of sp³-hybridized carbons (Fsp3) is 0.733. The van der Waals surface area contributed by atoms with Crippen LogP contribution in [0.2, 0.25) is 0 Å². The Morgan fingerprint density at radius 2 is 1.80 bits per heavy atom. The Labute approximate surface area is 121 Å². The SMILES string of the molecule is C=C(C)C(=O)OCCN(CCCC)C(=O)OC(C)(C)C. The summed E-state index contributed by atoms with van der Waals surface area (Å²) in [6.45, 7) is 13.7. The quantitative estimate of drug-likeness (QED) is 0.532. The standard InChI is InChI=1S/C15H27NO4/c1-7-8-9-16(14(18)20-15(4,5)6)10-11-19-13(17)12(2)3/h2,7-11H2,1,3-6H3. The lowest BCUT2D eigenvalue weighted by Gasteiger charge is -2.27. The molecule has 0 aliphatic rings. The van der Waals surface area contributed by atoms with Crippen LogP contribution in [0.15, 0.2) is 12.2 Å². The number of rotatable bonds is 7. The van der Waals surface area contributed by atoms with Crippen molar-refractivity contribution in [1.29, 1.82) is 0 Å². The van der Waals surface area contributed by atoms with Crippen LogP contribution in [0, 0.1) is 0 Å². The lowest BCUT2D eigenvalue weighted by Crippen LogP contribution is -2.39. The Morgan fingerprint density at radius 3 is 2.25 bits per heavy atom. The molecule has 0 spiro atoms. The predicted molar refractivity (Wildman–Crippen MR) is 78.5 cm³/mol. The third-order valence-corrected chi connectivity index (χ3v) is 2.38. The molecule has 0 heterocycles. The van der Waals surface area contributed by atoms with Gasteiger partial charge in [-0.05, 0) is 34.1 Å². The summed E-state index contributed by atoms with van der Waals surface area (Å²) >= 11 is 0. The zero-order chi connectivity index (χ0) is 15.8. The van der Waals surface area contributed by atoms with E-state index in [1.165, 1.54) is 0 Å². The fourth-order valence-corrected chi connectivity index (χ4v) is 1.34. The molecule has 0 rings (SSSR count). The monoisotopic (exact) mass is 285 g/mol. The average molecular weight is 285 g/mol. The summed E-state index contributed by atoms with van der Waals surface area (Å²) in [6.07, 6.45) is 1.48. The molecule has 116 valence electrons. The van der Waals surface area contributed by atoms with E-state index < -0.39 is 11.6 Å². The molecule has 0 aromatic carbocycles. The van der Waals surface area contributed by atoms with Gasteiger partial charge < -0.3 is 14.4 Å². The van der Waals surface area contributed by atoms with Gasteiger partial charge in [0.1, 0.15) is 12.2 Å². The molecule has 0 aromatic heterocycles. The Kier molecular flexibility index (Phi) is 7.96. The minimum absolute atomic E-state index is 0.147. The molecule has 0 atom stereocenters. The lowest BCUT2D eigenvalue weighted by molar-refractivity contribution is -0.139. The van der Waals surface area contributed by atoms with E-state index in [0.717, 1.165) is 12.8 Å². The van der Waals surface area contributed by atoms with Crippen LogP contribution < -0.4 is 0 Å². The van der Waals surface area contributed by atoms with Crippen molar-refractivity contribution in [1.82, 2.24) is 4.90 Å². The maximum absolute atomic E-state index is 12.0. The van der Waals surface area contributed by atoms with Crippen LogP contribution in [0.1, 0.15) is 47.5 Å². The van der Waals surface area contributed by atoms with E-state index in [-0.39, 0.29) is 12.7 Å². The predicted octanol–water partition coefficient (Wildman–Crippen LogP) is 3.14. The van der Waals surface area contributed by atoms with Crippen molar-refractivity contribution in [2.75, 3.05) is 19.7 Å². The summed E-state index contributed by atoms with van der Waals surface area (Å²) in [6, 6.07) is 0. The molecular weight excluding hydrogens is 258 g/mol. The number of carbonyl (C=O) groups is 2. The van der Waals surface area contributed by atoms with E-state index in [1.54, 1.807) is 11.8 Å². The number of unbranched alkanes of at least 4 members (excludes halogenated alkanes) is 1. The van der Waals surface area contributed by atoms with Gasteiger partial charge >= 0.3 is 12.1 Å². The average Bonchev–Trinajstić information content (AvgIpc) is 2.30. The van der Waals surface area contributed by atoms with Gasteiger partial charge in [0.25, 0.3) is 0 Å². The Bertz CT molecular complexity index is 344. The van der Waals surface area contributed by atoms with Gasteiger partial charge in [-0.2, -0.15) is 0 Å². The Balaban J connectivity index is 4.37. The van der Waals surface area contributed by atoms with Crippen molar-refractivity contribution in [2.24, 2.45) is 0 Å². The van der Waals surface area contributed by atoms with E-state index in [9.17, 15) is 9.59 Å². The maximum Gasteiger partial charge on any atom is 0.410 e. The van der Waals surface area contributed by atoms with Crippen LogP contribution in [-0.4, -0.2) is 42.3 Å². The molecule has 0 radical (unpaired) electrons. The summed E-state index contributed by atoms with van der Waals surface area (Å²) in [5, 5.41) is 0. The molecule has 0 aromatic rings. The van der Waals surface area contributed by atoms with Gasteiger partial charge in [-0.1, -0.05) is 19.9 Å². The second kappa shape index (κ2) is 8.61. The van der Waals surface area contributed by atoms with E-state index >= 15 is 0 Å². The molecule has 5 nitrogen and oxygen atoms in total. The normalized spacial score (nSPS) is 10.8. The molecule has 0 aliphatic carbocycles. The first-order chi connectivity index (χ1) is 9.17. The topological polar surface area (TPSA) is 55.8 Å². The van der Waals surface area contributed by atoms with E-state index in [1.807, 2.05) is 27.7 Å². The number of hydrogen-bond donors (Lipinski definition) is 0. The first kappa shape index (κ1) is 18.5. The van der Waals surface area contributed by atoms with Gasteiger partial charge in [-0.25, -0.2) is 9.59 Å². The number of hydrogen-bond acceptors (Lipinski definition) is 4. The summed E-state index contributed by atoms with van der Waals surface area (Å²) < 4.78 is 10.3. The zero-order valence-corrected chi connectivity index (χ0v) is 13.3. The summed E-state index contributed by atoms with van der Waals surface area (Å²) in [5.74, 6) is -0.440. The van der Waals surface area contributed by atoms with Crippen LogP contribution in [0.5, 0.6) is 0 Å². The molecule has 0 fully saturated rings. The first-order valence-corrected chi connectivity index (χ1v) is 6.98. The molecule has 1 amide bonds. The van der Waals surface area contributed by atoms with Crippen molar-refractivity contribution in [3.05, 3.63) is 12.2 Å². The molecule has 0 bridgehead atoms. The highest BCUT2D eigenvalue weighted by Crippen LogP contribution is 2.10. The number of ether oxygens (including phenoxy) is 2. The first-order valence-electron chi connectivity index (χ1n) is 6.98. The van der Waals surface area contributed by atoms with Crippen molar-refractivity contribution < 1.29 is 19.1 Å². The van der Waals surface area contributed by atoms with Gasteiger partial charge in [0.15, 0.2) is 0 Å². The van der Waals surface area contributed by atoms with Crippen LogP contribution in [-0.2, 0) is 14.3 Å². The molecule has 0 N–H and O–H groups in total. The third-order valence-electron chi connectivity index (χ3n) is 2.38. The molecule has 0 aliphatic heterocycles. The smallest absolute Gasteiger partial charge is 0.410 e.